The van der Waals surface area contributed by atoms with Gasteiger partial charge in [-0.15, -0.1) is 0 Å². The predicted molar refractivity (Wildman–Crippen MR) is 58.8 cm³/mol. The first-order valence-electron chi connectivity index (χ1n) is 4.36. The molecule has 1 aromatic carbocycles. The molecule has 0 unspecified atom stereocenters. The molecule has 4 nitrogen and oxygen atoms in total. The second-order valence-electron chi connectivity index (χ2n) is 3.06. The molecule has 3 N–H and O–H groups in total. The van der Waals surface area contributed by atoms with Crippen molar-refractivity contribution in [3.63, 3.8) is 0 Å². The fourth-order valence-corrected chi connectivity index (χ4v) is 1.50. The third-order valence-electron chi connectivity index (χ3n) is 2.22. The number of nitrogens with two attached hydrogens (primary N) is 1. The van der Waals surface area contributed by atoms with Gasteiger partial charge in [0, 0.05) is 17.0 Å². The number of aromatic nitrogens is 1. The molecule has 1 aromatic heterocycles. The van der Waals surface area contributed by atoms with E-state index in [2.05, 4.69) is 4.98 Å². The molecule has 2 aromatic rings. The summed E-state index contributed by atoms with van der Waals surface area (Å²) in [5.74, 6) is 0. The first kappa shape index (κ1) is 9.16. The molecule has 0 aliphatic rings. The highest BCUT2D eigenvalue weighted by atomic mass is 14.8. The van der Waals surface area contributed by atoms with Crippen LogP contribution in [0.4, 0.5) is 5.69 Å². The van der Waals surface area contributed by atoms with Gasteiger partial charge in [0.2, 0.25) is 0 Å². The Bertz CT molecular complexity index is 581. The predicted octanol–water partition coefficient (Wildman–Crippen LogP) is 1.69. The number of hydrogen-bond acceptors (Lipinski definition) is 4. The van der Waals surface area contributed by atoms with Crippen LogP contribution in [0.1, 0.15) is 11.4 Å². The van der Waals surface area contributed by atoms with E-state index in [1.165, 1.54) is 0 Å². The Morgan fingerprint density at radius 1 is 1.33 bits per heavy atom. The third-order valence-corrected chi connectivity index (χ3v) is 2.22. The normalized spacial score (nSPS) is 9.80. The molecule has 0 saturated heterocycles. The average molecular weight is 196 g/mol. The summed E-state index contributed by atoms with van der Waals surface area (Å²) in [6, 6.07) is 9.29. The van der Waals surface area contributed by atoms with Crippen LogP contribution in [0.5, 0.6) is 0 Å². The Morgan fingerprint density at radius 3 is 2.60 bits per heavy atom. The fraction of sp³-hybridized carbons (Fsp3) is 0. The molecule has 0 aliphatic heterocycles. The van der Waals surface area contributed by atoms with E-state index in [1.54, 1.807) is 6.07 Å². The van der Waals surface area contributed by atoms with Crippen LogP contribution < -0.4 is 5.73 Å². The van der Waals surface area contributed by atoms with Crippen molar-refractivity contribution >= 4 is 22.7 Å². The molecule has 0 radical (unpaired) electrons. The molecule has 4 heteroatoms. The van der Waals surface area contributed by atoms with Gasteiger partial charge in [-0.1, -0.05) is 24.3 Å². The molecule has 0 aliphatic carbocycles. The number of pyridine rings is 1. The van der Waals surface area contributed by atoms with E-state index in [9.17, 15) is 0 Å². The average Bonchev–Trinajstić information content (AvgIpc) is 2.30. The van der Waals surface area contributed by atoms with E-state index in [4.69, 9.17) is 16.4 Å². The molecule has 0 bridgehead atoms. The maximum Gasteiger partial charge on any atom is 0.149 e. The highest BCUT2D eigenvalue weighted by Crippen LogP contribution is 2.24. The molecule has 0 amide bonds. The molecule has 0 fully saturated rings. The standard InChI is InChI=1S/C11H8N4/c12-5-9-7-3-1-2-4-8(7)11(14)10(6-13)15-9/h1-4,6,13H,14H2. The number of nitriles is 1. The molecule has 0 saturated carbocycles. The van der Waals surface area contributed by atoms with Crippen LogP contribution >= 0.6 is 0 Å². The van der Waals surface area contributed by atoms with Crippen LogP contribution in [0, 0.1) is 16.7 Å². The lowest BCUT2D eigenvalue weighted by Crippen LogP contribution is -2.00. The number of nitrogens with one attached hydrogen (secondary N) is 1. The Morgan fingerprint density at radius 2 is 2.00 bits per heavy atom. The van der Waals surface area contributed by atoms with E-state index in [0.29, 0.717) is 17.1 Å². The van der Waals surface area contributed by atoms with Gasteiger partial charge in [-0.2, -0.15) is 5.26 Å². The van der Waals surface area contributed by atoms with Gasteiger partial charge >= 0.3 is 0 Å². The van der Waals surface area contributed by atoms with Crippen molar-refractivity contribution in [3.8, 4) is 6.07 Å². The summed E-state index contributed by atoms with van der Waals surface area (Å²) in [5, 5.41) is 17.6. The number of fused-ring (bicyclic) bond motifs is 1. The summed E-state index contributed by atoms with van der Waals surface area (Å²) < 4.78 is 0. The lowest BCUT2D eigenvalue weighted by atomic mass is 10.1. The highest BCUT2D eigenvalue weighted by Gasteiger charge is 2.08. The smallest absolute Gasteiger partial charge is 0.149 e. The second-order valence-corrected chi connectivity index (χ2v) is 3.06. The van der Waals surface area contributed by atoms with E-state index < -0.39 is 0 Å². The molecular weight excluding hydrogens is 188 g/mol. The van der Waals surface area contributed by atoms with Gasteiger partial charge in [-0.25, -0.2) is 4.98 Å². The Labute approximate surface area is 86.5 Å². The molecule has 1 heterocycles. The van der Waals surface area contributed by atoms with Gasteiger partial charge < -0.3 is 11.1 Å². The SMILES string of the molecule is N#Cc1nc(C=N)c(N)c2ccccc12. The topological polar surface area (TPSA) is 86.5 Å². The van der Waals surface area contributed by atoms with Crippen LogP contribution in [-0.4, -0.2) is 11.2 Å². The lowest BCUT2D eigenvalue weighted by molar-refractivity contribution is 1.27. The highest BCUT2D eigenvalue weighted by molar-refractivity contribution is 6.01. The van der Waals surface area contributed by atoms with Crippen molar-refractivity contribution in [3.05, 3.63) is 35.7 Å². The van der Waals surface area contributed by atoms with Crippen molar-refractivity contribution in [2.75, 3.05) is 5.73 Å². The van der Waals surface area contributed by atoms with E-state index >= 15 is 0 Å². The van der Waals surface area contributed by atoms with Crippen molar-refractivity contribution in [2.45, 2.75) is 0 Å². The second kappa shape index (κ2) is 3.39. The zero-order chi connectivity index (χ0) is 10.8. The number of nitrogen functional groups attached to an aromatic ring is 1. The minimum atomic E-state index is 0.304. The molecule has 0 spiro atoms. The molecule has 2 rings (SSSR count). The van der Waals surface area contributed by atoms with Crippen LogP contribution in [-0.2, 0) is 0 Å². The fourth-order valence-electron chi connectivity index (χ4n) is 1.50. The Hall–Kier alpha value is -2.41. The van der Waals surface area contributed by atoms with E-state index in [1.807, 2.05) is 24.3 Å². The third kappa shape index (κ3) is 1.30. The minimum Gasteiger partial charge on any atom is -0.396 e. The maximum atomic E-state index is 8.92. The van der Waals surface area contributed by atoms with Crippen molar-refractivity contribution in [1.82, 2.24) is 4.98 Å². The van der Waals surface area contributed by atoms with Gasteiger partial charge in [0.1, 0.15) is 17.5 Å². The van der Waals surface area contributed by atoms with Crippen molar-refractivity contribution in [2.24, 2.45) is 0 Å². The Kier molecular flexibility index (Phi) is 2.07. The summed E-state index contributed by atoms with van der Waals surface area (Å²) in [5.41, 5.74) is 6.92. The summed E-state index contributed by atoms with van der Waals surface area (Å²) in [6.45, 7) is 0. The van der Waals surface area contributed by atoms with Crippen LogP contribution in [0.3, 0.4) is 0 Å². The summed E-state index contributed by atoms with van der Waals surface area (Å²) in [7, 11) is 0. The number of nitrogens with zero attached hydrogens (tertiary/aromatic N) is 2. The summed E-state index contributed by atoms with van der Waals surface area (Å²) in [4.78, 5) is 4.01. The van der Waals surface area contributed by atoms with Crippen molar-refractivity contribution < 1.29 is 0 Å². The number of anilines is 1. The number of hydrogen-bond donors (Lipinski definition) is 2. The van der Waals surface area contributed by atoms with E-state index in [-0.39, 0.29) is 0 Å². The number of rotatable bonds is 1. The first-order valence-corrected chi connectivity index (χ1v) is 4.36. The van der Waals surface area contributed by atoms with E-state index in [0.717, 1.165) is 17.0 Å². The molecule has 72 valence electrons. The van der Waals surface area contributed by atoms with Crippen LogP contribution in [0.25, 0.3) is 10.8 Å². The zero-order valence-corrected chi connectivity index (χ0v) is 7.86. The first-order chi connectivity index (χ1) is 7.27. The zero-order valence-electron chi connectivity index (χ0n) is 7.86. The van der Waals surface area contributed by atoms with Gasteiger partial charge in [0.05, 0.1) is 5.69 Å². The largest absolute Gasteiger partial charge is 0.396 e. The lowest BCUT2D eigenvalue weighted by Gasteiger charge is -2.05. The Balaban J connectivity index is 2.98. The summed E-state index contributed by atoms with van der Waals surface area (Å²) in [6.07, 6.45) is 1.06. The maximum absolute atomic E-state index is 8.92. The van der Waals surface area contributed by atoms with Gasteiger partial charge in [-0.3, -0.25) is 0 Å². The van der Waals surface area contributed by atoms with Crippen molar-refractivity contribution in [1.29, 1.82) is 10.7 Å². The quantitative estimate of drug-likeness (QED) is 0.680. The van der Waals surface area contributed by atoms with Crippen LogP contribution in [0.2, 0.25) is 0 Å². The molecular formula is C11H8N4. The molecule has 15 heavy (non-hydrogen) atoms. The summed E-state index contributed by atoms with van der Waals surface area (Å²) >= 11 is 0. The minimum absolute atomic E-state index is 0.304. The monoisotopic (exact) mass is 196 g/mol. The van der Waals surface area contributed by atoms with Gasteiger partial charge in [0.15, 0.2) is 0 Å². The van der Waals surface area contributed by atoms with Crippen LogP contribution in [0.15, 0.2) is 24.3 Å². The molecule has 0 atom stereocenters. The van der Waals surface area contributed by atoms with Gasteiger partial charge in [-0.05, 0) is 0 Å². The van der Waals surface area contributed by atoms with Gasteiger partial charge in [0.25, 0.3) is 0 Å². The number of benzene rings is 1.